The zero-order chi connectivity index (χ0) is 10.2. The second-order valence-electron chi connectivity index (χ2n) is 2.56. The summed E-state index contributed by atoms with van der Waals surface area (Å²) in [6, 6.07) is 9.32. The van der Waals surface area contributed by atoms with Crippen LogP contribution in [-0.2, 0) is 14.4 Å². The van der Waals surface area contributed by atoms with Crippen LogP contribution in [0.15, 0.2) is 30.3 Å². The number of esters is 1. The summed E-state index contributed by atoms with van der Waals surface area (Å²) in [5, 5.41) is 0. The lowest BCUT2D eigenvalue weighted by Crippen LogP contribution is -2.15. The van der Waals surface area contributed by atoms with Gasteiger partial charge < -0.3 is 4.74 Å². The molecule has 0 aliphatic rings. The third kappa shape index (κ3) is 3.91. The second-order valence-corrected chi connectivity index (χ2v) is 2.56. The van der Waals surface area contributed by atoms with Gasteiger partial charge in [0.1, 0.15) is 0 Å². The van der Waals surface area contributed by atoms with Crippen molar-refractivity contribution in [1.82, 2.24) is 0 Å². The molecule has 76 valence electrons. The number of hydrogen-bond donors (Lipinski definition) is 1. The molecule has 0 bridgehead atoms. The van der Waals surface area contributed by atoms with E-state index in [2.05, 4.69) is 10.2 Å². The molecule has 1 aromatic rings. The van der Waals surface area contributed by atoms with Gasteiger partial charge in [-0.25, -0.2) is 4.79 Å². The third-order valence-corrected chi connectivity index (χ3v) is 1.46. The highest BCUT2D eigenvalue weighted by Crippen LogP contribution is 2.04. The van der Waals surface area contributed by atoms with Gasteiger partial charge >= 0.3 is 5.97 Å². The van der Waals surface area contributed by atoms with E-state index in [0.717, 1.165) is 5.69 Å². The average molecular weight is 195 g/mol. The van der Waals surface area contributed by atoms with Gasteiger partial charge in [0.15, 0.2) is 6.61 Å². The van der Waals surface area contributed by atoms with Crippen LogP contribution >= 0.6 is 0 Å². The normalized spacial score (nSPS) is 9.50. The van der Waals surface area contributed by atoms with Crippen molar-refractivity contribution in [2.75, 3.05) is 18.7 Å². The summed E-state index contributed by atoms with van der Waals surface area (Å²) in [6.45, 7) is 2.03. The Balaban J connectivity index is 2.19. The minimum absolute atomic E-state index is 0.0945. The fraction of sp³-hybridized carbons (Fsp3) is 0.300. The van der Waals surface area contributed by atoms with Crippen molar-refractivity contribution in [2.45, 2.75) is 6.92 Å². The molecule has 0 aliphatic heterocycles. The number of anilines is 1. The van der Waals surface area contributed by atoms with Crippen molar-refractivity contribution in [3.8, 4) is 0 Å². The highest BCUT2D eigenvalue weighted by molar-refractivity contribution is 5.70. The molecule has 4 nitrogen and oxygen atoms in total. The van der Waals surface area contributed by atoms with Gasteiger partial charge in [0, 0.05) is 0 Å². The molecule has 4 heteroatoms. The van der Waals surface area contributed by atoms with E-state index < -0.39 is 0 Å². The predicted molar refractivity (Wildman–Crippen MR) is 52.6 cm³/mol. The first-order chi connectivity index (χ1) is 6.83. The van der Waals surface area contributed by atoms with Crippen molar-refractivity contribution in [2.24, 2.45) is 0 Å². The molecule has 14 heavy (non-hydrogen) atoms. The first kappa shape index (κ1) is 10.5. The SMILES string of the molecule is CCOC(=O)CONc1ccccc1. The Hall–Kier alpha value is -1.55. The maximum absolute atomic E-state index is 10.8. The lowest BCUT2D eigenvalue weighted by Gasteiger charge is -2.05. The quantitative estimate of drug-likeness (QED) is 0.572. The van der Waals surface area contributed by atoms with Crippen LogP contribution in [0, 0.1) is 0 Å². The monoisotopic (exact) mass is 195 g/mol. The largest absolute Gasteiger partial charge is 0.464 e. The number of para-hydroxylation sites is 1. The molecular weight excluding hydrogens is 182 g/mol. The van der Waals surface area contributed by atoms with Crippen molar-refractivity contribution < 1.29 is 14.4 Å². The van der Waals surface area contributed by atoms with Crippen LogP contribution in [0.1, 0.15) is 6.92 Å². The second kappa shape index (κ2) is 5.99. The standard InChI is InChI=1S/C10H13NO3/c1-2-13-10(12)8-14-11-9-6-4-3-5-7-9/h3-7,11H,2,8H2,1H3. The molecule has 0 saturated heterocycles. The smallest absolute Gasteiger partial charge is 0.334 e. The summed E-state index contributed by atoms with van der Waals surface area (Å²) in [5.41, 5.74) is 3.44. The van der Waals surface area contributed by atoms with Crippen LogP contribution in [0.2, 0.25) is 0 Å². The van der Waals surface area contributed by atoms with E-state index in [9.17, 15) is 4.79 Å². The Bertz CT molecular complexity index is 274. The zero-order valence-electron chi connectivity index (χ0n) is 8.03. The molecule has 0 unspecified atom stereocenters. The van der Waals surface area contributed by atoms with Gasteiger partial charge in [-0.15, -0.1) is 0 Å². The lowest BCUT2D eigenvalue weighted by atomic mass is 10.3. The molecule has 0 radical (unpaired) electrons. The minimum atomic E-state index is -0.379. The number of benzene rings is 1. The summed E-state index contributed by atoms with van der Waals surface area (Å²) in [6.07, 6.45) is 0. The van der Waals surface area contributed by atoms with Crippen LogP contribution in [0.25, 0.3) is 0 Å². The van der Waals surface area contributed by atoms with E-state index in [0.29, 0.717) is 6.61 Å². The van der Waals surface area contributed by atoms with Crippen LogP contribution in [-0.4, -0.2) is 19.2 Å². The molecule has 1 aromatic carbocycles. The first-order valence-corrected chi connectivity index (χ1v) is 4.41. The van der Waals surface area contributed by atoms with E-state index in [1.165, 1.54) is 0 Å². The van der Waals surface area contributed by atoms with Crippen molar-refractivity contribution >= 4 is 11.7 Å². The van der Waals surface area contributed by atoms with Gasteiger partial charge in [0.2, 0.25) is 0 Å². The van der Waals surface area contributed by atoms with Gasteiger partial charge in [-0.05, 0) is 19.1 Å². The Morgan fingerprint density at radius 1 is 1.36 bits per heavy atom. The van der Waals surface area contributed by atoms with E-state index >= 15 is 0 Å². The molecule has 0 heterocycles. The molecule has 0 spiro atoms. The Morgan fingerprint density at radius 2 is 2.07 bits per heavy atom. The van der Waals surface area contributed by atoms with Gasteiger partial charge in [-0.2, -0.15) is 0 Å². The third-order valence-electron chi connectivity index (χ3n) is 1.46. The Kier molecular flexibility index (Phi) is 4.50. The van der Waals surface area contributed by atoms with E-state index in [4.69, 9.17) is 4.84 Å². The molecule has 1 N–H and O–H groups in total. The first-order valence-electron chi connectivity index (χ1n) is 4.41. The van der Waals surface area contributed by atoms with Crippen molar-refractivity contribution in [1.29, 1.82) is 0 Å². The van der Waals surface area contributed by atoms with E-state index in [-0.39, 0.29) is 12.6 Å². The maximum atomic E-state index is 10.8. The van der Waals surface area contributed by atoms with E-state index in [1.54, 1.807) is 6.92 Å². The number of nitrogens with one attached hydrogen (secondary N) is 1. The Labute approximate surface area is 82.8 Å². The molecular formula is C10H13NO3. The van der Waals surface area contributed by atoms with E-state index in [1.807, 2.05) is 30.3 Å². The fourth-order valence-corrected chi connectivity index (χ4v) is 0.887. The summed E-state index contributed by atoms with van der Waals surface area (Å²) < 4.78 is 4.68. The van der Waals surface area contributed by atoms with Gasteiger partial charge in [-0.1, -0.05) is 18.2 Å². The number of ether oxygens (including phenoxy) is 1. The lowest BCUT2D eigenvalue weighted by molar-refractivity contribution is -0.147. The fourth-order valence-electron chi connectivity index (χ4n) is 0.887. The molecule has 0 atom stereocenters. The van der Waals surface area contributed by atoms with Crippen LogP contribution in [0.3, 0.4) is 0 Å². The van der Waals surface area contributed by atoms with Crippen LogP contribution < -0.4 is 5.48 Å². The number of carbonyl (C=O) groups excluding carboxylic acids is 1. The number of carbonyl (C=O) groups is 1. The summed E-state index contributed by atoms with van der Waals surface area (Å²) in [7, 11) is 0. The van der Waals surface area contributed by atoms with Crippen LogP contribution in [0.4, 0.5) is 5.69 Å². The molecule has 0 amide bonds. The molecule has 0 aromatic heterocycles. The molecule has 0 aliphatic carbocycles. The number of rotatable bonds is 5. The summed E-state index contributed by atoms with van der Waals surface area (Å²) in [5.74, 6) is -0.379. The van der Waals surface area contributed by atoms with Crippen molar-refractivity contribution in [3.05, 3.63) is 30.3 Å². The molecule has 0 saturated carbocycles. The average Bonchev–Trinajstić information content (AvgIpc) is 2.20. The maximum Gasteiger partial charge on any atom is 0.334 e. The minimum Gasteiger partial charge on any atom is -0.464 e. The topological polar surface area (TPSA) is 47.6 Å². The van der Waals surface area contributed by atoms with Gasteiger partial charge in [0.05, 0.1) is 12.3 Å². The summed E-state index contributed by atoms with van der Waals surface area (Å²) in [4.78, 5) is 15.8. The molecule has 0 fully saturated rings. The zero-order valence-corrected chi connectivity index (χ0v) is 8.03. The Morgan fingerprint density at radius 3 is 2.71 bits per heavy atom. The highest BCUT2D eigenvalue weighted by Gasteiger charge is 2.00. The molecule has 1 rings (SSSR count). The number of hydrogen-bond acceptors (Lipinski definition) is 4. The summed E-state index contributed by atoms with van der Waals surface area (Å²) >= 11 is 0. The van der Waals surface area contributed by atoms with Gasteiger partial charge in [-0.3, -0.25) is 10.3 Å². The predicted octanol–water partition coefficient (Wildman–Crippen LogP) is 1.59. The van der Waals surface area contributed by atoms with Crippen LogP contribution in [0.5, 0.6) is 0 Å². The van der Waals surface area contributed by atoms with Gasteiger partial charge in [0.25, 0.3) is 0 Å². The highest BCUT2D eigenvalue weighted by atomic mass is 16.7. The van der Waals surface area contributed by atoms with Crippen molar-refractivity contribution in [3.63, 3.8) is 0 Å².